The highest BCUT2D eigenvalue weighted by molar-refractivity contribution is 7.13. The molecule has 130 valence electrons. The van der Waals surface area contributed by atoms with Crippen LogP contribution in [0.25, 0.3) is 10.6 Å². The van der Waals surface area contributed by atoms with Crippen LogP contribution in [0.15, 0.2) is 47.8 Å². The van der Waals surface area contributed by atoms with E-state index in [2.05, 4.69) is 41.9 Å². The van der Waals surface area contributed by atoms with Gasteiger partial charge in [-0.3, -0.25) is 0 Å². The molecule has 2 aromatic carbocycles. The quantitative estimate of drug-likeness (QED) is 0.682. The average Bonchev–Trinajstić information content (AvgIpc) is 3.11. The summed E-state index contributed by atoms with van der Waals surface area (Å²) in [5, 5.41) is 6.59. The van der Waals surface area contributed by atoms with Gasteiger partial charge in [-0.2, -0.15) is 0 Å². The van der Waals surface area contributed by atoms with Crippen LogP contribution in [-0.2, 0) is 13.1 Å². The molecule has 25 heavy (non-hydrogen) atoms. The molecule has 3 rings (SSSR count). The third kappa shape index (κ3) is 4.38. The van der Waals surface area contributed by atoms with Crippen LogP contribution in [0, 0.1) is 6.92 Å². The summed E-state index contributed by atoms with van der Waals surface area (Å²) in [6.07, 6.45) is 0. The van der Waals surface area contributed by atoms with Gasteiger partial charge >= 0.3 is 0 Å². The molecule has 1 heterocycles. The molecule has 0 aliphatic rings. The zero-order valence-electron chi connectivity index (χ0n) is 14.7. The fraction of sp³-hybridized carbons (Fsp3) is 0.250. The molecule has 0 radical (unpaired) electrons. The SMILES string of the molecule is COc1ccc(CNCc2csc(-c3ccc(C)cc3)n2)cc1OC. The van der Waals surface area contributed by atoms with E-state index in [0.717, 1.165) is 40.9 Å². The predicted molar refractivity (Wildman–Crippen MR) is 102 cm³/mol. The predicted octanol–water partition coefficient (Wildman–Crippen LogP) is 4.43. The number of methoxy groups -OCH3 is 2. The lowest BCUT2D eigenvalue weighted by Gasteiger charge is -2.10. The first-order valence-corrected chi connectivity index (χ1v) is 9.00. The fourth-order valence-corrected chi connectivity index (χ4v) is 3.37. The van der Waals surface area contributed by atoms with Crippen molar-refractivity contribution < 1.29 is 9.47 Å². The van der Waals surface area contributed by atoms with E-state index < -0.39 is 0 Å². The van der Waals surface area contributed by atoms with E-state index in [1.165, 1.54) is 11.1 Å². The molecule has 0 unspecified atom stereocenters. The summed E-state index contributed by atoms with van der Waals surface area (Å²) in [6.45, 7) is 3.57. The Labute approximate surface area is 152 Å². The van der Waals surface area contributed by atoms with Gasteiger partial charge in [0.25, 0.3) is 0 Å². The van der Waals surface area contributed by atoms with Gasteiger partial charge in [-0.05, 0) is 24.6 Å². The standard InChI is InChI=1S/C20H22N2O2S/c1-14-4-7-16(8-5-14)20-22-17(13-25-20)12-21-11-15-6-9-18(23-2)19(10-15)24-3/h4-10,13,21H,11-12H2,1-3H3. The number of nitrogens with one attached hydrogen (secondary N) is 1. The molecule has 0 aliphatic heterocycles. The first-order chi connectivity index (χ1) is 12.2. The third-order valence-corrected chi connectivity index (χ3v) is 4.87. The van der Waals surface area contributed by atoms with Crippen molar-refractivity contribution in [3.63, 3.8) is 0 Å². The monoisotopic (exact) mass is 354 g/mol. The second-order valence-corrected chi connectivity index (χ2v) is 6.66. The summed E-state index contributed by atoms with van der Waals surface area (Å²) < 4.78 is 10.6. The van der Waals surface area contributed by atoms with Crippen molar-refractivity contribution >= 4 is 11.3 Å². The lowest BCUT2D eigenvalue weighted by Crippen LogP contribution is -2.13. The van der Waals surface area contributed by atoms with Crippen LogP contribution in [0.1, 0.15) is 16.8 Å². The second kappa shape index (κ2) is 8.14. The van der Waals surface area contributed by atoms with E-state index >= 15 is 0 Å². The zero-order valence-corrected chi connectivity index (χ0v) is 15.5. The number of rotatable bonds is 7. The minimum Gasteiger partial charge on any atom is -0.493 e. The van der Waals surface area contributed by atoms with Gasteiger partial charge in [0, 0.05) is 24.0 Å². The van der Waals surface area contributed by atoms with Crippen molar-refractivity contribution in [1.82, 2.24) is 10.3 Å². The van der Waals surface area contributed by atoms with Crippen LogP contribution in [-0.4, -0.2) is 19.2 Å². The molecule has 0 fully saturated rings. The average molecular weight is 354 g/mol. The minimum atomic E-state index is 0.733. The van der Waals surface area contributed by atoms with E-state index in [1.54, 1.807) is 25.6 Å². The van der Waals surface area contributed by atoms with Crippen molar-refractivity contribution in [2.75, 3.05) is 14.2 Å². The van der Waals surface area contributed by atoms with Crippen molar-refractivity contribution in [3.8, 4) is 22.1 Å². The summed E-state index contributed by atoms with van der Waals surface area (Å²) in [4.78, 5) is 4.71. The van der Waals surface area contributed by atoms with Gasteiger partial charge in [-0.25, -0.2) is 4.98 Å². The van der Waals surface area contributed by atoms with E-state index in [9.17, 15) is 0 Å². The number of thiazole rings is 1. The number of aromatic nitrogens is 1. The number of hydrogen-bond donors (Lipinski definition) is 1. The van der Waals surface area contributed by atoms with Crippen LogP contribution in [0.4, 0.5) is 0 Å². The van der Waals surface area contributed by atoms with Crippen LogP contribution >= 0.6 is 11.3 Å². The van der Waals surface area contributed by atoms with Crippen LogP contribution in [0.2, 0.25) is 0 Å². The van der Waals surface area contributed by atoms with Crippen LogP contribution < -0.4 is 14.8 Å². The Morgan fingerprint density at radius 3 is 2.44 bits per heavy atom. The Hall–Kier alpha value is -2.37. The smallest absolute Gasteiger partial charge is 0.161 e. The highest BCUT2D eigenvalue weighted by Gasteiger charge is 2.06. The molecule has 0 spiro atoms. The third-order valence-electron chi connectivity index (χ3n) is 3.93. The van der Waals surface area contributed by atoms with Gasteiger partial charge < -0.3 is 14.8 Å². The summed E-state index contributed by atoms with van der Waals surface area (Å²) in [6, 6.07) is 14.4. The Balaban J connectivity index is 1.58. The molecule has 0 saturated carbocycles. The van der Waals surface area contributed by atoms with Crippen molar-refractivity contribution in [1.29, 1.82) is 0 Å². The van der Waals surface area contributed by atoms with Gasteiger partial charge in [0.1, 0.15) is 5.01 Å². The summed E-state index contributed by atoms with van der Waals surface area (Å²) >= 11 is 1.68. The topological polar surface area (TPSA) is 43.4 Å². The van der Waals surface area contributed by atoms with Crippen LogP contribution in [0.5, 0.6) is 11.5 Å². The number of ether oxygens (including phenoxy) is 2. The Bertz CT molecular complexity index is 828. The molecule has 1 aromatic heterocycles. The Kier molecular flexibility index (Phi) is 5.68. The van der Waals surface area contributed by atoms with E-state index in [1.807, 2.05) is 18.2 Å². The lowest BCUT2D eigenvalue weighted by molar-refractivity contribution is 0.354. The van der Waals surface area contributed by atoms with E-state index in [4.69, 9.17) is 14.5 Å². The van der Waals surface area contributed by atoms with Gasteiger partial charge in [-0.1, -0.05) is 35.9 Å². The molecule has 0 atom stereocenters. The molecule has 4 nitrogen and oxygen atoms in total. The highest BCUT2D eigenvalue weighted by Crippen LogP contribution is 2.27. The maximum Gasteiger partial charge on any atom is 0.161 e. The number of nitrogens with zero attached hydrogens (tertiary/aromatic N) is 1. The summed E-state index contributed by atoms with van der Waals surface area (Å²) in [5.74, 6) is 1.49. The molecule has 0 amide bonds. The molecular weight excluding hydrogens is 332 g/mol. The number of benzene rings is 2. The van der Waals surface area contributed by atoms with Gasteiger partial charge in [-0.15, -0.1) is 11.3 Å². The van der Waals surface area contributed by atoms with Gasteiger partial charge in [0.05, 0.1) is 19.9 Å². The molecule has 0 bridgehead atoms. The first-order valence-electron chi connectivity index (χ1n) is 8.12. The zero-order chi connectivity index (χ0) is 17.6. The molecule has 3 aromatic rings. The lowest BCUT2D eigenvalue weighted by atomic mass is 10.2. The summed E-state index contributed by atoms with van der Waals surface area (Å²) in [5.41, 5.74) is 4.63. The van der Waals surface area contributed by atoms with Crippen LogP contribution in [0.3, 0.4) is 0 Å². The van der Waals surface area contributed by atoms with Gasteiger partial charge in [0.15, 0.2) is 11.5 Å². The molecule has 1 N–H and O–H groups in total. The minimum absolute atomic E-state index is 0.733. The van der Waals surface area contributed by atoms with Gasteiger partial charge in [0.2, 0.25) is 0 Å². The highest BCUT2D eigenvalue weighted by atomic mass is 32.1. The molecule has 0 aliphatic carbocycles. The maximum absolute atomic E-state index is 5.34. The number of aryl methyl sites for hydroxylation is 1. The second-order valence-electron chi connectivity index (χ2n) is 5.80. The molecule has 5 heteroatoms. The van der Waals surface area contributed by atoms with Crippen molar-refractivity contribution in [3.05, 3.63) is 64.7 Å². The first kappa shape index (κ1) is 17.5. The molecular formula is C20H22N2O2S. The fourth-order valence-electron chi connectivity index (χ4n) is 2.54. The maximum atomic E-state index is 5.34. The number of hydrogen-bond acceptors (Lipinski definition) is 5. The Morgan fingerprint density at radius 1 is 0.960 bits per heavy atom. The van der Waals surface area contributed by atoms with Crippen molar-refractivity contribution in [2.45, 2.75) is 20.0 Å². The van der Waals surface area contributed by atoms with E-state index in [0.29, 0.717) is 0 Å². The largest absolute Gasteiger partial charge is 0.493 e. The van der Waals surface area contributed by atoms with Crippen molar-refractivity contribution in [2.24, 2.45) is 0 Å². The van der Waals surface area contributed by atoms with E-state index in [-0.39, 0.29) is 0 Å². The summed E-state index contributed by atoms with van der Waals surface area (Å²) in [7, 11) is 3.29. The Morgan fingerprint density at radius 2 is 1.72 bits per heavy atom. The molecule has 0 saturated heterocycles. The normalized spacial score (nSPS) is 10.7.